The number of nitrogens with two attached hydrogens (primary N) is 1. The van der Waals surface area contributed by atoms with E-state index in [0.29, 0.717) is 26.4 Å². The number of carboxylic acid groups (broad SMARTS) is 1. The number of β-lactam (4-membered cyclic amide) rings is 1. The molecule has 5 rings (SSSR count). The normalized spacial score (nSPS) is 19.0. The highest BCUT2D eigenvalue weighted by Crippen LogP contribution is 2.41. The summed E-state index contributed by atoms with van der Waals surface area (Å²) in [6.45, 7) is 0. The Morgan fingerprint density at radius 1 is 1.33 bits per heavy atom. The largest absolute Gasteiger partial charge is 0.477 e. The number of aliphatic carboxylic acids is 1. The number of anilines is 1. The summed E-state index contributed by atoms with van der Waals surface area (Å²) >= 11 is 16.8. The number of amides is 2. The summed E-state index contributed by atoms with van der Waals surface area (Å²) in [5, 5.41) is 24.0. The van der Waals surface area contributed by atoms with Gasteiger partial charge in [0.1, 0.15) is 22.6 Å². The van der Waals surface area contributed by atoms with Gasteiger partial charge in [-0.25, -0.2) is 4.79 Å². The zero-order valence-electron chi connectivity index (χ0n) is 19.1. The minimum absolute atomic E-state index is 0.0870. The third-order valence-corrected chi connectivity index (χ3v) is 9.82. The summed E-state index contributed by atoms with van der Waals surface area (Å²) in [6.07, 6.45) is 0. The fraction of sp³-hybridized carbons (Fsp3) is 0.200. The summed E-state index contributed by atoms with van der Waals surface area (Å²) in [4.78, 5) is 48.9. The minimum atomic E-state index is -1.23. The number of thioether (sulfide) groups is 2. The Balaban J connectivity index is 1.33. The average Bonchev–Trinajstić information content (AvgIpc) is 3.59. The van der Waals surface area contributed by atoms with Crippen LogP contribution in [-0.4, -0.2) is 76.0 Å². The molecule has 0 saturated carbocycles. The second-order valence-electron chi connectivity index (χ2n) is 7.67. The molecular weight excluding hydrogens is 631 g/mol. The lowest BCUT2D eigenvalue weighted by atomic mass is 10.0. The number of fused-ring (bicyclic) bond motifs is 1. The van der Waals surface area contributed by atoms with Gasteiger partial charge in [-0.3, -0.25) is 14.5 Å². The molecule has 0 spiro atoms. The minimum Gasteiger partial charge on any atom is -0.477 e. The lowest BCUT2D eigenvalue weighted by Gasteiger charge is -2.49. The van der Waals surface area contributed by atoms with Crippen LogP contribution in [0.15, 0.2) is 44.5 Å². The van der Waals surface area contributed by atoms with Crippen molar-refractivity contribution in [3.63, 3.8) is 0 Å². The van der Waals surface area contributed by atoms with Crippen LogP contribution in [0.1, 0.15) is 5.82 Å². The molecule has 202 valence electrons. The molecule has 1 saturated heterocycles. The van der Waals surface area contributed by atoms with Crippen LogP contribution < -0.4 is 15.9 Å². The highest BCUT2D eigenvalue weighted by Gasteiger charge is 2.54. The number of nitrogens with one attached hydrogen (secondary N) is 1. The fourth-order valence-electron chi connectivity index (χ4n) is 3.53. The van der Waals surface area contributed by atoms with Gasteiger partial charge in [0.15, 0.2) is 15.2 Å². The third-order valence-electron chi connectivity index (χ3n) is 5.25. The van der Waals surface area contributed by atoms with Crippen molar-refractivity contribution in [3.05, 3.63) is 50.8 Å². The Kier molecular flexibility index (Phi) is 8.24. The fourth-order valence-corrected chi connectivity index (χ4v) is 7.22. The highest BCUT2D eigenvalue weighted by atomic mass is 35.5. The molecule has 13 nitrogen and oxygen atoms in total. The van der Waals surface area contributed by atoms with Gasteiger partial charge in [-0.05, 0) is 17.7 Å². The summed E-state index contributed by atoms with van der Waals surface area (Å²) in [5.41, 5.74) is 7.38. The van der Waals surface area contributed by atoms with Crippen LogP contribution in [0.3, 0.4) is 0 Å². The number of benzene rings is 1. The summed E-state index contributed by atoms with van der Waals surface area (Å²) < 4.78 is 4.70. The number of oxime groups is 1. The quantitative estimate of drug-likeness (QED) is 0.134. The van der Waals surface area contributed by atoms with Gasteiger partial charge >= 0.3 is 5.97 Å². The molecule has 1 fully saturated rings. The Labute approximate surface area is 246 Å². The standard InChI is InChI=1S/C20H14Cl2N8O5S4/c21-9-2-1-8(3-10(9)22)35-28-11(14-26-19(23)39-29-14)15(31)25-12-16(32)30-13(18(33)34)7(4-36-17(12)30)5-37-20-27-24-6-38-20/h1-3,6,12,17H,4-5H2,(H,25,31)(H,33,34)(H2,23,26,29)/b28-11-/t12?,17-/m1/s1. The maximum atomic E-state index is 13.2. The number of halogens is 2. The van der Waals surface area contributed by atoms with E-state index >= 15 is 0 Å². The zero-order valence-corrected chi connectivity index (χ0v) is 23.9. The lowest BCUT2D eigenvalue weighted by molar-refractivity contribution is -0.150. The van der Waals surface area contributed by atoms with Crippen LogP contribution in [0.5, 0.6) is 5.75 Å². The van der Waals surface area contributed by atoms with E-state index in [2.05, 4.69) is 30.0 Å². The van der Waals surface area contributed by atoms with Gasteiger partial charge in [0.2, 0.25) is 11.5 Å². The maximum absolute atomic E-state index is 13.2. The van der Waals surface area contributed by atoms with E-state index in [1.807, 2.05) is 0 Å². The highest BCUT2D eigenvalue weighted by molar-refractivity contribution is 8.01. The van der Waals surface area contributed by atoms with Crippen LogP contribution in [0.25, 0.3) is 0 Å². The predicted molar refractivity (Wildman–Crippen MR) is 148 cm³/mol. The molecule has 0 aliphatic carbocycles. The van der Waals surface area contributed by atoms with E-state index in [9.17, 15) is 19.5 Å². The SMILES string of the molecule is Nc1nc(/C(=N/Oc2ccc(Cl)c(Cl)c2)C(=O)NC2C(=O)N3C(C(=O)O)=C(CSc4nncs4)CS[C@H]23)ns1. The van der Waals surface area contributed by atoms with Crippen LogP contribution in [0.2, 0.25) is 10.0 Å². The Bertz CT molecular complexity index is 1520. The number of nitrogens with zero attached hydrogens (tertiary/aromatic N) is 6. The third kappa shape index (κ3) is 5.82. The zero-order chi connectivity index (χ0) is 27.7. The molecule has 2 atom stereocenters. The van der Waals surface area contributed by atoms with Gasteiger partial charge in [-0.2, -0.15) is 9.36 Å². The molecule has 1 unspecified atom stereocenters. The van der Waals surface area contributed by atoms with Crippen LogP contribution in [0.4, 0.5) is 5.13 Å². The molecule has 19 heteroatoms. The summed E-state index contributed by atoms with van der Waals surface area (Å²) in [7, 11) is 0. The average molecular weight is 646 g/mol. The van der Waals surface area contributed by atoms with Crippen molar-refractivity contribution in [2.45, 2.75) is 15.8 Å². The number of carbonyl (C=O) groups excluding carboxylic acids is 2. The molecule has 2 aliphatic rings. The topological polar surface area (TPSA) is 186 Å². The molecule has 0 radical (unpaired) electrons. The van der Waals surface area contributed by atoms with Gasteiger partial charge in [0, 0.05) is 29.1 Å². The molecule has 4 heterocycles. The van der Waals surface area contributed by atoms with Crippen molar-refractivity contribution in [1.29, 1.82) is 0 Å². The number of hydrogen-bond donors (Lipinski definition) is 3. The molecule has 0 bridgehead atoms. The first-order valence-corrected chi connectivity index (χ1v) is 15.1. The smallest absolute Gasteiger partial charge is 0.352 e. The number of nitrogen functional groups attached to an aromatic ring is 1. The maximum Gasteiger partial charge on any atom is 0.352 e. The van der Waals surface area contributed by atoms with Crippen molar-refractivity contribution in [3.8, 4) is 5.75 Å². The molecular formula is C20H14Cl2N8O5S4. The monoisotopic (exact) mass is 644 g/mol. The van der Waals surface area contributed by atoms with Gasteiger partial charge in [-0.15, -0.1) is 22.0 Å². The van der Waals surface area contributed by atoms with Crippen molar-refractivity contribution >= 4 is 98.2 Å². The summed E-state index contributed by atoms with van der Waals surface area (Å²) in [6, 6.07) is 3.37. The Hall–Kier alpha value is -2.96. The van der Waals surface area contributed by atoms with Crippen molar-refractivity contribution in [2.75, 3.05) is 17.2 Å². The van der Waals surface area contributed by atoms with Gasteiger partial charge < -0.3 is 21.0 Å². The van der Waals surface area contributed by atoms with Crippen molar-refractivity contribution in [1.82, 2.24) is 29.8 Å². The van der Waals surface area contributed by atoms with E-state index in [1.54, 1.807) is 5.51 Å². The Morgan fingerprint density at radius 2 is 2.15 bits per heavy atom. The predicted octanol–water partition coefficient (Wildman–Crippen LogP) is 2.59. The Morgan fingerprint density at radius 3 is 2.82 bits per heavy atom. The molecule has 1 aromatic carbocycles. The summed E-state index contributed by atoms with van der Waals surface area (Å²) in [5.74, 6) is -1.88. The second kappa shape index (κ2) is 11.6. The van der Waals surface area contributed by atoms with Gasteiger partial charge in [-0.1, -0.05) is 51.5 Å². The number of rotatable bonds is 9. The molecule has 3 aromatic rings. The van der Waals surface area contributed by atoms with Crippen LogP contribution >= 0.6 is 69.6 Å². The van der Waals surface area contributed by atoms with E-state index in [-0.39, 0.29) is 33.1 Å². The van der Waals surface area contributed by atoms with Crippen LogP contribution in [-0.2, 0) is 14.4 Å². The van der Waals surface area contributed by atoms with E-state index in [1.165, 1.54) is 58.0 Å². The first kappa shape index (κ1) is 27.6. The number of carboxylic acids is 1. The molecule has 4 N–H and O–H groups in total. The number of hydrogen-bond acceptors (Lipinski definition) is 14. The first-order chi connectivity index (χ1) is 18.7. The van der Waals surface area contributed by atoms with E-state index in [4.69, 9.17) is 33.8 Å². The van der Waals surface area contributed by atoms with Crippen molar-refractivity contribution < 1.29 is 24.3 Å². The van der Waals surface area contributed by atoms with Crippen LogP contribution in [0, 0.1) is 0 Å². The van der Waals surface area contributed by atoms with E-state index < -0.39 is 29.2 Å². The first-order valence-electron chi connectivity index (χ1n) is 10.6. The number of carbonyl (C=O) groups is 3. The lowest BCUT2D eigenvalue weighted by Crippen LogP contribution is -2.71. The van der Waals surface area contributed by atoms with Gasteiger partial charge in [0.25, 0.3) is 11.8 Å². The van der Waals surface area contributed by atoms with Crippen molar-refractivity contribution in [2.24, 2.45) is 5.16 Å². The molecule has 39 heavy (non-hydrogen) atoms. The number of aromatic nitrogens is 4. The second-order valence-corrected chi connectivity index (χ2v) is 12.4. The molecule has 2 aliphatic heterocycles. The molecule has 2 aromatic heterocycles. The molecule has 2 amide bonds. The van der Waals surface area contributed by atoms with Gasteiger partial charge in [0.05, 0.1) is 10.0 Å². The van der Waals surface area contributed by atoms with E-state index in [0.717, 1.165) is 11.5 Å².